The number of ether oxygens (including phenoxy) is 2. The minimum Gasteiger partial charge on any atom is -0.462 e. The molecule has 4 N–H and O–H groups in total. The summed E-state index contributed by atoms with van der Waals surface area (Å²) in [6.45, 7) is -0.290. The minimum absolute atomic E-state index is 0.126. The maximum Gasteiger partial charge on any atom is 0.351 e. The number of nitrogens with two attached hydrogens (primary N) is 1. The molecule has 15 heteroatoms. The van der Waals surface area contributed by atoms with Crippen molar-refractivity contribution in [2.75, 3.05) is 19.0 Å². The van der Waals surface area contributed by atoms with Crippen molar-refractivity contribution >= 4 is 30.2 Å². The summed E-state index contributed by atoms with van der Waals surface area (Å²) < 4.78 is 52.0. The number of esters is 1. The predicted octanol–water partition coefficient (Wildman–Crippen LogP) is 2.61. The molecule has 2 aromatic rings. The third-order valence-electron chi connectivity index (χ3n) is 4.71. The van der Waals surface area contributed by atoms with E-state index in [1.807, 2.05) is 0 Å². The molecule has 1 aromatic heterocycles. The van der Waals surface area contributed by atoms with Crippen LogP contribution in [-0.4, -0.2) is 58.0 Å². The Bertz CT molecular complexity index is 1140. The SMILES string of the molecule is CC(C)OC(=O)[C@H](C)NP(=S)(OC[C@@](F)(O[C@H](CF)n1ccc(N)nc1=O)[C@H](C)O)Oc1ccccc1. The highest BCUT2D eigenvalue weighted by Gasteiger charge is 2.43. The number of nitrogens with zero attached hydrogens (tertiary/aromatic N) is 2. The molecule has 0 bridgehead atoms. The van der Waals surface area contributed by atoms with E-state index >= 15 is 4.39 Å². The number of halogens is 2. The number of aromatic nitrogens is 2. The highest BCUT2D eigenvalue weighted by Crippen LogP contribution is 2.47. The van der Waals surface area contributed by atoms with Crippen LogP contribution < -0.4 is 21.0 Å². The van der Waals surface area contributed by atoms with E-state index in [-0.39, 0.29) is 11.6 Å². The summed E-state index contributed by atoms with van der Waals surface area (Å²) in [6, 6.07) is 8.36. The summed E-state index contributed by atoms with van der Waals surface area (Å²) >= 11 is 5.51. The van der Waals surface area contributed by atoms with Crippen LogP contribution in [0.4, 0.5) is 14.6 Å². The molecule has 1 heterocycles. The predicted molar refractivity (Wildman–Crippen MR) is 136 cm³/mol. The second kappa shape index (κ2) is 13.4. The van der Waals surface area contributed by atoms with Crippen LogP contribution in [0.3, 0.4) is 0 Å². The number of anilines is 1. The lowest BCUT2D eigenvalue weighted by Gasteiger charge is -2.34. The van der Waals surface area contributed by atoms with Crippen LogP contribution in [0, 0.1) is 0 Å². The number of aliphatic hydroxyl groups is 1. The number of nitrogens with one attached hydrogen (secondary N) is 1. The van der Waals surface area contributed by atoms with E-state index in [0.717, 1.165) is 13.1 Å². The zero-order valence-electron chi connectivity index (χ0n) is 20.7. The first-order valence-corrected chi connectivity index (χ1v) is 13.9. The van der Waals surface area contributed by atoms with Gasteiger partial charge in [-0.25, -0.2) is 18.7 Å². The molecule has 0 spiro atoms. The van der Waals surface area contributed by atoms with E-state index in [1.165, 1.54) is 13.0 Å². The summed E-state index contributed by atoms with van der Waals surface area (Å²) in [5, 5.41) is 12.9. The molecular weight excluding hydrogens is 533 g/mol. The quantitative estimate of drug-likeness (QED) is 0.230. The molecule has 0 aliphatic carbocycles. The van der Waals surface area contributed by atoms with Gasteiger partial charge in [-0.1, -0.05) is 18.2 Å². The van der Waals surface area contributed by atoms with E-state index in [9.17, 15) is 19.1 Å². The third kappa shape index (κ3) is 9.09. The van der Waals surface area contributed by atoms with Gasteiger partial charge in [-0.3, -0.25) is 9.36 Å². The summed E-state index contributed by atoms with van der Waals surface area (Å²) in [6.07, 6.45) is -3.02. The van der Waals surface area contributed by atoms with Gasteiger partial charge in [-0.2, -0.15) is 4.98 Å². The van der Waals surface area contributed by atoms with Gasteiger partial charge < -0.3 is 29.4 Å². The van der Waals surface area contributed by atoms with E-state index in [1.54, 1.807) is 44.2 Å². The molecule has 0 aliphatic rings. The van der Waals surface area contributed by atoms with Crippen molar-refractivity contribution in [1.29, 1.82) is 0 Å². The zero-order chi connectivity index (χ0) is 27.8. The molecule has 37 heavy (non-hydrogen) atoms. The van der Waals surface area contributed by atoms with Gasteiger partial charge in [-0.15, -0.1) is 0 Å². The van der Waals surface area contributed by atoms with Crippen LogP contribution in [0.5, 0.6) is 5.75 Å². The molecule has 0 saturated heterocycles. The van der Waals surface area contributed by atoms with Crippen LogP contribution in [0.1, 0.15) is 33.9 Å². The molecule has 0 aliphatic heterocycles. The number of carbonyl (C=O) groups excluding carboxylic acids is 1. The largest absolute Gasteiger partial charge is 0.462 e. The van der Waals surface area contributed by atoms with Gasteiger partial charge in [0.15, 0.2) is 6.23 Å². The number of carbonyl (C=O) groups is 1. The zero-order valence-corrected chi connectivity index (χ0v) is 22.5. The van der Waals surface area contributed by atoms with Crippen LogP contribution in [0.2, 0.25) is 0 Å². The van der Waals surface area contributed by atoms with Gasteiger partial charge in [0.05, 0.1) is 6.10 Å². The molecule has 0 amide bonds. The average Bonchev–Trinajstić information content (AvgIpc) is 2.81. The van der Waals surface area contributed by atoms with Crippen LogP contribution in [0.15, 0.2) is 47.4 Å². The smallest absolute Gasteiger partial charge is 0.351 e. The van der Waals surface area contributed by atoms with Crippen molar-refractivity contribution < 1.29 is 37.2 Å². The fourth-order valence-corrected chi connectivity index (χ4v) is 5.19. The highest BCUT2D eigenvalue weighted by molar-refractivity contribution is 8.09. The van der Waals surface area contributed by atoms with Crippen molar-refractivity contribution in [3.05, 3.63) is 53.1 Å². The molecule has 5 atom stereocenters. The second-order valence-corrected chi connectivity index (χ2v) is 11.4. The molecule has 0 fully saturated rings. The third-order valence-corrected chi connectivity index (χ3v) is 7.19. The van der Waals surface area contributed by atoms with E-state index < -0.39 is 61.9 Å². The molecule has 1 aromatic carbocycles. The van der Waals surface area contributed by atoms with Crippen LogP contribution in [-0.2, 0) is 30.6 Å². The van der Waals surface area contributed by atoms with Crippen molar-refractivity contribution in [3.8, 4) is 5.75 Å². The fraction of sp³-hybridized carbons (Fsp3) is 0.500. The Kier molecular flexibility index (Phi) is 11.1. The number of alkyl halides is 2. The van der Waals surface area contributed by atoms with Gasteiger partial charge in [0.1, 0.15) is 37.0 Å². The Labute approximate surface area is 218 Å². The molecule has 1 unspecified atom stereocenters. The van der Waals surface area contributed by atoms with Crippen molar-refractivity contribution in [1.82, 2.24) is 14.6 Å². The van der Waals surface area contributed by atoms with E-state index in [2.05, 4.69) is 10.1 Å². The van der Waals surface area contributed by atoms with E-state index in [4.69, 9.17) is 36.1 Å². The number of hydrogen-bond donors (Lipinski definition) is 3. The topological polar surface area (TPSA) is 147 Å². The Hall–Kier alpha value is -2.48. The fourth-order valence-electron chi connectivity index (χ4n) is 2.79. The highest BCUT2D eigenvalue weighted by atomic mass is 32.5. The van der Waals surface area contributed by atoms with Crippen LogP contribution >= 0.6 is 6.64 Å². The first-order valence-electron chi connectivity index (χ1n) is 11.2. The molecule has 0 saturated carbocycles. The lowest BCUT2D eigenvalue weighted by Crippen LogP contribution is -2.47. The van der Waals surface area contributed by atoms with Crippen LogP contribution in [0.25, 0.3) is 0 Å². The number of para-hydroxylation sites is 1. The summed E-state index contributed by atoms with van der Waals surface area (Å²) in [5.41, 5.74) is 4.44. The first kappa shape index (κ1) is 30.7. The summed E-state index contributed by atoms with van der Waals surface area (Å²) in [5.74, 6) is -3.59. The number of aliphatic hydroxyl groups excluding tert-OH is 1. The lowest BCUT2D eigenvalue weighted by atomic mass is 10.2. The lowest BCUT2D eigenvalue weighted by molar-refractivity contribution is -0.260. The number of rotatable bonds is 14. The Balaban J connectivity index is 2.30. The number of hydrogen-bond acceptors (Lipinski definition) is 10. The Morgan fingerprint density at radius 1 is 1.27 bits per heavy atom. The average molecular weight is 565 g/mol. The summed E-state index contributed by atoms with van der Waals surface area (Å²) in [7, 11) is 0. The molecule has 206 valence electrons. The van der Waals surface area contributed by atoms with Crippen molar-refractivity contribution in [3.63, 3.8) is 0 Å². The molecule has 2 rings (SSSR count). The standard InChI is InChI=1S/C22H31F2N4O7PS/c1-14(2)33-20(30)15(3)27-36(37,35-17-8-6-5-7-9-17)32-13-22(24,16(4)29)34-19(12-23)28-11-10-18(25)26-21(28)31/h5-11,14-16,19,29H,12-13H2,1-4H3,(H,27,37)(H2,25,26,31)/t15-,16-,19+,22+,36?/m0/s1. The molecule has 0 radical (unpaired) electrons. The number of benzene rings is 1. The second-order valence-electron chi connectivity index (χ2n) is 8.24. The number of nitrogen functional groups attached to an aromatic ring is 1. The van der Waals surface area contributed by atoms with E-state index in [0.29, 0.717) is 4.57 Å². The Morgan fingerprint density at radius 2 is 1.92 bits per heavy atom. The van der Waals surface area contributed by atoms with Gasteiger partial charge in [0.2, 0.25) is 0 Å². The molecule has 11 nitrogen and oxygen atoms in total. The van der Waals surface area contributed by atoms with Gasteiger partial charge in [0.25, 0.3) is 5.85 Å². The summed E-state index contributed by atoms with van der Waals surface area (Å²) in [4.78, 5) is 27.9. The van der Waals surface area contributed by atoms with Gasteiger partial charge in [-0.05, 0) is 57.7 Å². The van der Waals surface area contributed by atoms with Crippen molar-refractivity contribution in [2.24, 2.45) is 0 Å². The maximum atomic E-state index is 15.9. The molecular formula is C22H31F2N4O7PS. The first-order chi connectivity index (χ1) is 17.3. The Morgan fingerprint density at radius 3 is 2.46 bits per heavy atom. The van der Waals surface area contributed by atoms with Gasteiger partial charge >= 0.3 is 18.3 Å². The maximum absolute atomic E-state index is 15.9. The minimum atomic E-state index is -3.71. The van der Waals surface area contributed by atoms with Crippen molar-refractivity contribution in [2.45, 2.75) is 58.0 Å². The normalized spacial score (nSPS) is 17.3. The monoisotopic (exact) mass is 564 g/mol. The van der Waals surface area contributed by atoms with Gasteiger partial charge in [0, 0.05) is 6.20 Å².